The molecule has 9 heteroatoms. The van der Waals surface area contributed by atoms with Crippen LogP contribution >= 0.6 is 0 Å². The molecule has 2 aromatic rings. The summed E-state index contributed by atoms with van der Waals surface area (Å²) in [5.74, 6) is 1.15. The number of carbonyl (C=O) groups excluding carboxylic acids is 1. The van der Waals surface area contributed by atoms with Crippen molar-refractivity contribution in [3.8, 4) is 34.5 Å². The predicted octanol–water partition coefficient (Wildman–Crippen LogP) is 2.36. The number of benzene rings is 2. The van der Waals surface area contributed by atoms with Crippen molar-refractivity contribution in [2.45, 2.75) is 5.92 Å². The average molecular weight is 446 g/mol. The lowest BCUT2D eigenvalue weighted by Crippen LogP contribution is -2.26. The van der Waals surface area contributed by atoms with Gasteiger partial charge in [-0.15, -0.1) is 0 Å². The molecule has 0 saturated carbocycles. The second kappa shape index (κ2) is 9.04. The molecule has 0 bridgehead atoms. The van der Waals surface area contributed by atoms with Gasteiger partial charge in [0.25, 0.3) is 0 Å². The summed E-state index contributed by atoms with van der Waals surface area (Å²) in [7, 11) is 6.16. The summed E-state index contributed by atoms with van der Waals surface area (Å²) in [5, 5.41) is 9.95. The number of esters is 1. The van der Waals surface area contributed by atoms with Gasteiger partial charge in [-0.3, -0.25) is 4.79 Å². The number of fused-ring (bicyclic) bond motifs is 1. The molecule has 3 atom stereocenters. The van der Waals surface area contributed by atoms with Gasteiger partial charge in [0.15, 0.2) is 23.0 Å². The van der Waals surface area contributed by atoms with Crippen LogP contribution in [0.5, 0.6) is 34.5 Å². The molecular formula is C23H26O9. The third-order valence-corrected chi connectivity index (χ3v) is 5.95. The second-order valence-corrected chi connectivity index (χ2v) is 7.48. The van der Waals surface area contributed by atoms with Gasteiger partial charge in [-0.1, -0.05) is 0 Å². The lowest BCUT2D eigenvalue weighted by atomic mass is 9.75. The number of ether oxygens (including phenoxy) is 7. The second-order valence-electron chi connectivity index (χ2n) is 7.48. The Hall–Kier alpha value is -3.33. The van der Waals surface area contributed by atoms with Gasteiger partial charge in [0.2, 0.25) is 18.3 Å². The lowest BCUT2D eigenvalue weighted by Gasteiger charge is -2.28. The zero-order valence-electron chi connectivity index (χ0n) is 18.4. The van der Waals surface area contributed by atoms with Gasteiger partial charge in [0.1, 0.15) is 0 Å². The summed E-state index contributed by atoms with van der Waals surface area (Å²) in [6.07, 6.45) is 0. The van der Waals surface area contributed by atoms with E-state index >= 15 is 0 Å². The molecule has 1 fully saturated rings. The zero-order valence-corrected chi connectivity index (χ0v) is 18.4. The molecular weight excluding hydrogens is 420 g/mol. The van der Waals surface area contributed by atoms with E-state index in [1.807, 2.05) is 24.3 Å². The number of cyclic esters (lactones) is 1. The number of carbonyl (C=O) groups is 1. The fraction of sp³-hybridized carbons (Fsp3) is 0.435. The Morgan fingerprint density at radius 3 is 2.12 bits per heavy atom. The zero-order chi connectivity index (χ0) is 22.8. The summed E-state index contributed by atoms with van der Waals surface area (Å²) >= 11 is 0. The van der Waals surface area contributed by atoms with Gasteiger partial charge in [-0.05, 0) is 35.4 Å². The maximum absolute atomic E-state index is 12.3. The minimum Gasteiger partial charge on any atom is -0.493 e. The smallest absolute Gasteiger partial charge is 0.311 e. The van der Waals surface area contributed by atoms with E-state index in [0.717, 1.165) is 11.1 Å². The fourth-order valence-electron chi connectivity index (χ4n) is 4.41. The SMILES string of the molecule is COc1cc(C(c2cc(OC)c3c(c2)OCO3)[C@@H]2COC(=O)[C@@H]2CO)cc(OC)c1OC. The molecule has 2 aromatic carbocycles. The largest absolute Gasteiger partial charge is 0.493 e. The molecule has 172 valence electrons. The van der Waals surface area contributed by atoms with Crippen LogP contribution in [0.15, 0.2) is 24.3 Å². The number of hydrogen-bond donors (Lipinski definition) is 1. The van der Waals surface area contributed by atoms with Crippen molar-refractivity contribution >= 4 is 5.97 Å². The Bertz CT molecular complexity index is 978. The van der Waals surface area contributed by atoms with E-state index in [2.05, 4.69) is 0 Å². The molecule has 4 rings (SSSR count). The summed E-state index contributed by atoms with van der Waals surface area (Å²) in [5.41, 5.74) is 1.60. The highest BCUT2D eigenvalue weighted by Crippen LogP contribution is 2.50. The first-order chi connectivity index (χ1) is 15.6. The highest BCUT2D eigenvalue weighted by atomic mass is 16.7. The Kier molecular flexibility index (Phi) is 6.18. The molecule has 1 N–H and O–H groups in total. The average Bonchev–Trinajstić information content (AvgIpc) is 3.44. The summed E-state index contributed by atoms with van der Waals surface area (Å²) in [4.78, 5) is 12.3. The van der Waals surface area contributed by atoms with Crippen LogP contribution in [0.3, 0.4) is 0 Å². The molecule has 2 heterocycles. The Balaban J connectivity index is 1.92. The molecule has 2 aliphatic heterocycles. The van der Waals surface area contributed by atoms with E-state index in [1.54, 1.807) is 21.3 Å². The topological polar surface area (TPSA) is 102 Å². The fourth-order valence-corrected chi connectivity index (χ4v) is 4.41. The number of hydrogen-bond acceptors (Lipinski definition) is 9. The standard InChI is InChI=1S/C23H26O9/c1-26-16-5-12(6-17(27-2)21(16)29-4)20(15-10-30-23(25)14(15)9-24)13-7-18(28-3)22-19(8-13)31-11-32-22/h5-8,14-15,20,24H,9-11H2,1-4H3/t14-,15-,20?/m1/s1. The van der Waals surface area contributed by atoms with E-state index in [-0.39, 0.29) is 31.8 Å². The maximum Gasteiger partial charge on any atom is 0.311 e. The molecule has 0 aliphatic carbocycles. The van der Waals surface area contributed by atoms with E-state index in [9.17, 15) is 9.90 Å². The van der Waals surface area contributed by atoms with Crippen LogP contribution in [0, 0.1) is 11.8 Å². The molecule has 1 unspecified atom stereocenters. The van der Waals surface area contributed by atoms with Gasteiger partial charge < -0.3 is 38.3 Å². The summed E-state index contributed by atoms with van der Waals surface area (Å²) in [6, 6.07) is 7.37. The third kappa shape index (κ3) is 3.62. The van der Waals surface area contributed by atoms with Crippen molar-refractivity contribution in [1.29, 1.82) is 0 Å². The normalized spacial score (nSPS) is 20.0. The molecule has 0 aromatic heterocycles. The highest BCUT2D eigenvalue weighted by Gasteiger charge is 2.43. The van der Waals surface area contributed by atoms with Crippen LogP contribution in [0.1, 0.15) is 17.0 Å². The number of aliphatic hydroxyl groups is 1. The molecule has 0 amide bonds. The number of methoxy groups -OCH3 is 4. The van der Waals surface area contributed by atoms with E-state index in [0.29, 0.717) is 34.5 Å². The molecule has 32 heavy (non-hydrogen) atoms. The van der Waals surface area contributed by atoms with Gasteiger partial charge in [0.05, 0.1) is 47.6 Å². The van der Waals surface area contributed by atoms with Gasteiger partial charge in [0, 0.05) is 11.8 Å². The first-order valence-corrected chi connectivity index (χ1v) is 10.1. The lowest BCUT2D eigenvalue weighted by molar-refractivity contribution is -0.142. The van der Waals surface area contributed by atoms with Crippen molar-refractivity contribution in [1.82, 2.24) is 0 Å². The molecule has 2 aliphatic rings. The van der Waals surface area contributed by atoms with Crippen molar-refractivity contribution in [3.05, 3.63) is 35.4 Å². The third-order valence-electron chi connectivity index (χ3n) is 5.95. The van der Waals surface area contributed by atoms with Gasteiger partial charge >= 0.3 is 5.97 Å². The van der Waals surface area contributed by atoms with E-state index in [1.165, 1.54) is 7.11 Å². The van der Waals surface area contributed by atoms with E-state index < -0.39 is 11.9 Å². The van der Waals surface area contributed by atoms with Crippen molar-refractivity contribution in [3.63, 3.8) is 0 Å². The van der Waals surface area contributed by atoms with Crippen LogP contribution in [0.4, 0.5) is 0 Å². The van der Waals surface area contributed by atoms with Crippen LogP contribution in [-0.4, -0.2) is 59.5 Å². The molecule has 0 radical (unpaired) electrons. The maximum atomic E-state index is 12.3. The highest BCUT2D eigenvalue weighted by molar-refractivity contribution is 5.75. The molecule has 0 spiro atoms. The van der Waals surface area contributed by atoms with Crippen LogP contribution in [-0.2, 0) is 9.53 Å². The summed E-state index contributed by atoms with van der Waals surface area (Å²) in [6.45, 7) is -0.0808. The number of aliphatic hydroxyl groups excluding tert-OH is 1. The van der Waals surface area contributed by atoms with Crippen molar-refractivity contribution < 1.29 is 43.1 Å². The van der Waals surface area contributed by atoms with Crippen molar-refractivity contribution in [2.75, 3.05) is 48.4 Å². The quantitative estimate of drug-likeness (QED) is 0.612. The van der Waals surface area contributed by atoms with Crippen LogP contribution in [0.25, 0.3) is 0 Å². The Labute approximate surface area is 185 Å². The Morgan fingerprint density at radius 1 is 0.906 bits per heavy atom. The van der Waals surface area contributed by atoms with E-state index in [4.69, 9.17) is 33.2 Å². The van der Waals surface area contributed by atoms with Crippen molar-refractivity contribution in [2.24, 2.45) is 11.8 Å². The first kappa shape index (κ1) is 21.9. The van der Waals surface area contributed by atoms with Crippen LogP contribution in [0.2, 0.25) is 0 Å². The molecule has 1 saturated heterocycles. The molecule has 9 nitrogen and oxygen atoms in total. The predicted molar refractivity (Wildman–Crippen MR) is 112 cm³/mol. The first-order valence-electron chi connectivity index (χ1n) is 10.1. The summed E-state index contributed by atoms with van der Waals surface area (Å²) < 4.78 is 38.5. The minimum atomic E-state index is -0.685. The monoisotopic (exact) mass is 446 g/mol. The van der Waals surface area contributed by atoms with Crippen LogP contribution < -0.4 is 28.4 Å². The Morgan fingerprint density at radius 2 is 1.53 bits per heavy atom. The van der Waals surface area contributed by atoms with Gasteiger partial charge in [-0.2, -0.15) is 0 Å². The minimum absolute atomic E-state index is 0.0916. The number of rotatable bonds is 8. The van der Waals surface area contributed by atoms with Gasteiger partial charge in [-0.25, -0.2) is 0 Å².